The molecule has 4 heteroatoms. The Bertz CT molecular complexity index is 262. The molecule has 1 unspecified atom stereocenters. The van der Waals surface area contributed by atoms with Crippen LogP contribution in [0.3, 0.4) is 0 Å². The zero-order chi connectivity index (χ0) is 9.10. The first kappa shape index (κ1) is 8.41. The predicted molar refractivity (Wildman–Crippen MR) is 50.5 cm³/mol. The average molecular weight is 178 g/mol. The van der Waals surface area contributed by atoms with Crippen molar-refractivity contribution in [2.75, 3.05) is 11.4 Å². The molecule has 2 rings (SSSR count). The average Bonchev–Trinajstić information content (AvgIpc) is 2.20. The van der Waals surface area contributed by atoms with Gasteiger partial charge in [0.25, 0.3) is 0 Å². The van der Waals surface area contributed by atoms with Crippen molar-refractivity contribution in [2.45, 2.75) is 32.2 Å². The maximum absolute atomic E-state index is 4.16. The van der Waals surface area contributed by atoms with Gasteiger partial charge in [-0.2, -0.15) is 0 Å². The highest BCUT2D eigenvalue weighted by Gasteiger charge is 2.19. The SMILES string of the molecule is CC1CCCCN1c1ncncn1. The predicted octanol–water partition coefficient (Wildman–Crippen LogP) is 1.25. The topological polar surface area (TPSA) is 41.9 Å². The molecule has 4 nitrogen and oxygen atoms in total. The van der Waals surface area contributed by atoms with Crippen molar-refractivity contribution in [2.24, 2.45) is 0 Å². The van der Waals surface area contributed by atoms with Crippen LogP contribution in [0.5, 0.6) is 0 Å². The minimum absolute atomic E-state index is 0.566. The zero-order valence-corrected chi connectivity index (χ0v) is 7.85. The molecule has 1 aromatic heterocycles. The molecule has 0 radical (unpaired) electrons. The van der Waals surface area contributed by atoms with Crippen molar-refractivity contribution >= 4 is 5.95 Å². The van der Waals surface area contributed by atoms with Crippen LogP contribution in [0.15, 0.2) is 12.7 Å². The van der Waals surface area contributed by atoms with Crippen molar-refractivity contribution in [3.63, 3.8) is 0 Å². The van der Waals surface area contributed by atoms with Gasteiger partial charge in [-0.05, 0) is 26.2 Å². The van der Waals surface area contributed by atoms with Crippen molar-refractivity contribution in [3.05, 3.63) is 12.7 Å². The Labute approximate surface area is 78.0 Å². The molecule has 1 atom stereocenters. The van der Waals surface area contributed by atoms with E-state index < -0.39 is 0 Å². The summed E-state index contributed by atoms with van der Waals surface area (Å²) in [5, 5.41) is 0. The molecule has 1 aliphatic heterocycles. The fraction of sp³-hybridized carbons (Fsp3) is 0.667. The van der Waals surface area contributed by atoms with Gasteiger partial charge < -0.3 is 4.90 Å². The van der Waals surface area contributed by atoms with E-state index in [1.807, 2.05) is 0 Å². The van der Waals surface area contributed by atoms with Crippen molar-refractivity contribution in [3.8, 4) is 0 Å². The van der Waals surface area contributed by atoms with Gasteiger partial charge in [0.1, 0.15) is 12.7 Å². The summed E-state index contributed by atoms with van der Waals surface area (Å²) in [6.45, 7) is 3.30. The molecule has 0 bridgehead atoms. The minimum atomic E-state index is 0.566. The first-order valence-electron chi connectivity index (χ1n) is 4.76. The van der Waals surface area contributed by atoms with Crippen LogP contribution in [0.1, 0.15) is 26.2 Å². The molecule has 70 valence electrons. The van der Waals surface area contributed by atoms with E-state index in [2.05, 4.69) is 26.8 Å². The molecular weight excluding hydrogens is 164 g/mol. The second-order valence-electron chi connectivity index (χ2n) is 3.48. The van der Waals surface area contributed by atoms with E-state index >= 15 is 0 Å². The molecule has 2 heterocycles. The molecule has 13 heavy (non-hydrogen) atoms. The molecule has 0 N–H and O–H groups in total. The molecule has 1 aliphatic rings. The van der Waals surface area contributed by atoms with Crippen LogP contribution < -0.4 is 4.90 Å². The van der Waals surface area contributed by atoms with Crippen LogP contribution in [-0.2, 0) is 0 Å². The summed E-state index contributed by atoms with van der Waals surface area (Å²) in [4.78, 5) is 14.4. The molecule has 1 fully saturated rings. The summed E-state index contributed by atoms with van der Waals surface area (Å²) < 4.78 is 0. The van der Waals surface area contributed by atoms with Gasteiger partial charge in [0.2, 0.25) is 5.95 Å². The fourth-order valence-corrected chi connectivity index (χ4v) is 1.78. The van der Waals surface area contributed by atoms with Crippen LogP contribution in [-0.4, -0.2) is 27.5 Å². The number of nitrogens with zero attached hydrogens (tertiary/aromatic N) is 4. The van der Waals surface area contributed by atoms with Gasteiger partial charge in [0, 0.05) is 12.6 Å². The Kier molecular flexibility index (Phi) is 2.38. The van der Waals surface area contributed by atoms with Crippen LogP contribution >= 0.6 is 0 Å². The number of hydrogen-bond acceptors (Lipinski definition) is 4. The molecular formula is C9H14N4. The van der Waals surface area contributed by atoms with Gasteiger partial charge in [-0.15, -0.1) is 0 Å². The first-order valence-corrected chi connectivity index (χ1v) is 4.76. The van der Waals surface area contributed by atoms with E-state index in [4.69, 9.17) is 0 Å². The van der Waals surface area contributed by atoms with Gasteiger partial charge >= 0.3 is 0 Å². The van der Waals surface area contributed by atoms with E-state index in [0.29, 0.717) is 6.04 Å². The Balaban J connectivity index is 2.15. The fourth-order valence-electron chi connectivity index (χ4n) is 1.78. The normalized spacial score (nSPS) is 23.2. The van der Waals surface area contributed by atoms with Crippen LogP contribution in [0, 0.1) is 0 Å². The lowest BCUT2D eigenvalue weighted by Gasteiger charge is -2.32. The second kappa shape index (κ2) is 3.68. The Hall–Kier alpha value is -1.19. The summed E-state index contributed by atoms with van der Waals surface area (Å²) in [6.07, 6.45) is 6.93. The molecule has 0 saturated carbocycles. The number of anilines is 1. The minimum Gasteiger partial charge on any atom is -0.338 e. The summed E-state index contributed by atoms with van der Waals surface area (Å²) in [6, 6.07) is 0.566. The number of aromatic nitrogens is 3. The molecule has 0 aromatic carbocycles. The van der Waals surface area contributed by atoms with Gasteiger partial charge in [-0.1, -0.05) is 0 Å². The lowest BCUT2D eigenvalue weighted by molar-refractivity contribution is 0.476. The number of hydrogen-bond donors (Lipinski definition) is 0. The second-order valence-corrected chi connectivity index (χ2v) is 3.48. The quantitative estimate of drug-likeness (QED) is 0.649. The highest BCUT2D eigenvalue weighted by atomic mass is 15.3. The van der Waals surface area contributed by atoms with E-state index in [0.717, 1.165) is 12.5 Å². The molecule has 1 saturated heterocycles. The third kappa shape index (κ3) is 1.76. The van der Waals surface area contributed by atoms with Gasteiger partial charge in [0.05, 0.1) is 0 Å². The Morgan fingerprint density at radius 1 is 1.31 bits per heavy atom. The first-order chi connectivity index (χ1) is 6.38. The van der Waals surface area contributed by atoms with Crippen molar-refractivity contribution < 1.29 is 0 Å². The molecule has 0 spiro atoms. The highest BCUT2D eigenvalue weighted by Crippen LogP contribution is 2.19. The maximum atomic E-state index is 4.16. The molecule has 0 amide bonds. The maximum Gasteiger partial charge on any atom is 0.228 e. The number of rotatable bonds is 1. The largest absolute Gasteiger partial charge is 0.338 e. The van der Waals surface area contributed by atoms with E-state index in [-0.39, 0.29) is 0 Å². The lowest BCUT2D eigenvalue weighted by atomic mass is 10.0. The van der Waals surface area contributed by atoms with Crippen molar-refractivity contribution in [1.29, 1.82) is 0 Å². The van der Waals surface area contributed by atoms with E-state index in [1.165, 1.54) is 19.3 Å². The lowest BCUT2D eigenvalue weighted by Crippen LogP contribution is -2.38. The smallest absolute Gasteiger partial charge is 0.228 e. The number of piperidine rings is 1. The van der Waals surface area contributed by atoms with Gasteiger partial charge in [-0.25, -0.2) is 15.0 Å². The monoisotopic (exact) mass is 178 g/mol. The third-order valence-electron chi connectivity index (χ3n) is 2.54. The van der Waals surface area contributed by atoms with Crippen LogP contribution in [0.25, 0.3) is 0 Å². The third-order valence-corrected chi connectivity index (χ3v) is 2.54. The van der Waals surface area contributed by atoms with Gasteiger partial charge in [-0.3, -0.25) is 0 Å². The Morgan fingerprint density at radius 2 is 2.08 bits per heavy atom. The highest BCUT2D eigenvalue weighted by molar-refractivity contribution is 5.29. The van der Waals surface area contributed by atoms with Crippen LogP contribution in [0.2, 0.25) is 0 Å². The molecule has 1 aromatic rings. The summed E-state index contributed by atoms with van der Waals surface area (Å²) in [7, 11) is 0. The molecule has 0 aliphatic carbocycles. The summed E-state index contributed by atoms with van der Waals surface area (Å²) in [5.41, 5.74) is 0. The summed E-state index contributed by atoms with van der Waals surface area (Å²) >= 11 is 0. The summed E-state index contributed by atoms with van der Waals surface area (Å²) in [5.74, 6) is 0.821. The Morgan fingerprint density at radius 3 is 2.77 bits per heavy atom. The standard InChI is InChI=1S/C9H14N4/c1-8-4-2-3-5-13(8)9-11-6-10-7-12-9/h6-8H,2-5H2,1H3. The van der Waals surface area contributed by atoms with E-state index in [1.54, 1.807) is 12.7 Å². The van der Waals surface area contributed by atoms with E-state index in [9.17, 15) is 0 Å². The van der Waals surface area contributed by atoms with Crippen molar-refractivity contribution in [1.82, 2.24) is 15.0 Å². The van der Waals surface area contributed by atoms with Crippen LogP contribution in [0.4, 0.5) is 5.95 Å². The van der Waals surface area contributed by atoms with Gasteiger partial charge in [0.15, 0.2) is 0 Å². The zero-order valence-electron chi connectivity index (χ0n) is 7.85.